The number of nitrogens with zero attached hydrogens (tertiary/aromatic N) is 2. The number of aliphatic hydroxyl groups is 1. The van der Waals surface area contributed by atoms with Gasteiger partial charge in [-0.2, -0.15) is 11.8 Å². The normalized spacial score (nSPS) is 12.1. The molecular weight excluding hydrogens is 242 g/mol. The lowest BCUT2D eigenvalue weighted by Gasteiger charge is -2.16. The molecule has 0 fully saturated rings. The third-order valence-electron chi connectivity index (χ3n) is 2.17. The maximum Gasteiger partial charge on any atom is 0.311 e. The van der Waals surface area contributed by atoms with Crippen LogP contribution < -0.4 is 5.32 Å². The molecule has 1 unspecified atom stereocenters. The van der Waals surface area contributed by atoms with Crippen molar-refractivity contribution in [3.8, 4) is 0 Å². The van der Waals surface area contributed by atoms with Crippen molar-refractivity contribution in [3.05, 3.63) is 28.4 Å². The average molecular weight is 257 g/mol. The minimum atomic E-state index is -0.468. The quantitative estimate of drug-likeness (QED) is 0.568. The molecule has 1 atom stereocenters. The highest BCUT2D eigenvalue weighted by molar-refractivity contribution is 7.98. The second kappa shape index (κ2) is 7.08. The van der Waals surface area contributed by atoms with Crippen molar-refractivity contribution < 1.29 is 10.0 Å². The molecule has 0 aromatic carbocycles. The van der Waals surface area contributed by atoms with E-state index in [4.69, 9.17) is 5.11 Å². The summed E-state index contributed by atoms with van der Waals surface area (Å²) in [5, 5.41) is 22.7. The molecule has 0 aliphatic carbocycles. The van der Waals surface area contributed by atoms with Gasteiger partial charge in [0.15, 0.2) is 0 Å². The van der Waals surface area contributed by atoms with Crippen molar-refractivity contribution in [1.82, 2.24) is 4.98 Å². The monoisotopic (exact) mass is 257 g/mol. The van der Waals surface area contributed by atoms with E-state index in [0.717, 1.165) is 5.75 Å². The summed E-state index contributed by atoms with van der Waals surface area (Å²) in [7, 11) is 0. The zero-order chi connectivity index (χ0) is 12.7. The molecule has 6 nitrogen and oxygen atoms in total. The van der Waals surface area contributed by atoms with E-state index in [-0.39, 0.29) is 24.2 Å². The van der Waals surface area contributed by atoms with Gasteiger partial charge in [0.2, 0.25) is 5.82 Å². The molecule has 0 saturated heterocycles. The van der Waals surface area contributed by atoms with Crippen LogP contribution in [0.4, 0.5) is 11.5 Å². The highest BCUT2D eigenvalue weighted by Crippen LogP contribution is 2.22. The van der Waals surface area contributed by atoms with Gasteiger partial charge in [-0.05, 0) is 18.7 Å². The predicted molar refractivity (Wildman–Crippen MR) is 68.4 cm³/mol. The number of aliphatic hydroxyl groups excluding tert-OH is 1. The fraction of sp³-hybridized carbons (Fsp3) is 0.500. The van der Waals surface area contributed by atoms with Gasteiger partial charge in [0, 0.05) is 30.7 Å². The first-order valence-electron chi connectivity index (χ1n) is 5.14. The van der Waals surface area contributed by atoms with Gasteiger partial charge < -0.3 is 10.4 Å². The molecule has 0 aliphatic heterocycles. The Bertz CT molecular complexity index is 370. The standard InChI is InChI=1S/C10H15N3O3S/c1-17-7-8(4-6-14)12-10-9(13(15)16)3-2-5-11-10/h2-3,5,8,14H,4,6-7H2,1H3,(H,11,12). The van der Waals surface area contributed by atoms with E-state index in [0.29, 0.717) is 6.42 Å². The predicted octanol–water partition coefficient (Wildman–Crippen LogP) is 1.52. The average Bonchev–Trinajstić information content (AvgIpc) is 2.30. The van der Waals surface area contributed by atoms with E-state index in [1.807, 2.05) is 6.26 Å². The Kier molecular flexibility index (Phi) is 5.71. The van der Waals surface area contributed by atoms with Crippen LogP contribution in [-0.2, 0) is 0 Å². The molecule has 2 N–H and O–H groups in total. The molecule has 1 heterocycles. The first-order chi connectivity index (χ1) is 8.19. The van der Waals surface area contributed by atoms with Crippen molar-refractivity contribution in [2.24, 2.45) is 0 Å². The maximum atomic E-state index is 10.8. The summed E-state index contributed by atoms with van der Waals surface area (Å²) < 4.78 is 0. The van der Waals surface area contributed by atoms with E-state index < -0.39 is 4.92 Å². The van der Waals surface area contributed by atoms with Gasteiger partial charge in [0.25, 0.3) is 0 Å². The van der Waals surface area contributed by atoms with Crippen molar-refractivity contribution >= 4 is 23.3 Å². The Morgan fingerprint density at radius 1 is 1.71 bits per heavy atom. The summed E-state index contributed by atoms with van der Waals surface area (Å²) in [5.41, 5.74) is -0.0449. The van der Waals surface area contributed by atoms with E-state index in [1.54, 1.807) is 11.8 Å². The number of hydrogen-bond donors (Lipinski definition) is 2. The fourth-order valence-electron chi connectivity index (χ4n) is 1.40. The lowest BCUT2D eigenvalue weighted by atomic mass is 10.2. The lowest BCUT2D eigenvalue weighted by Crippen LogP contribution is -2.24. The summed E-state index contributed by atoms with van der Waals surface area (Å²) in [6, 6.07) is 2.91. The molecule has 1 rings (SSSR count). The Labute approximate surface area is 104 Å². The van der Waals surface area contributed by atoms with Gasteiger partial charge in [-0.3, -0.25) is 10.1 Å². The van der Waals surface area contributed by atoms with E-state index in [2.05, 4.69) is 10.3 Å². The van der Waals surface area contributed by atoms with Gasteiger partial charge in [0.1, 0.15) is 0 Å². The molecule has 1 aromatic heterocycles. The summed E-state index contributed by atoms with van der Waals surface area (Å²) in [5.74, 6) is 1.01. The largest absolute Gasteiger partial charge is 0.396 e. The van der Waals surface area contributed by atoms with Crippen molar-refractivity contribution in [2.75, 3.05) is 23.9 Å². The highest BCUT2D eigenvalue weighted by Gasteiger charge is 2.17. The fourth-order valence-corrected chi connectivity index (χ4v) is 2.06. The van der Waals surface area contributed by atoms with Gasteiger partial charge >= 0.3 is 5.69 Å². The third-order valence-corrected chi connectivity index (χ3v) is 2.91. The molecule has 7 heteroatoms. The molecular formula is C10H15N3O3S. The number of nitro groups is 1. The smallest absolute Gasteiger partial charge is 0.311 e. The molecule has 0 radical (unpaired) electrons. The Balaban J connectivity index is 2.80. The second-order valence-electron chi connectivity index (χ2n) is 3.44. The second-order valence-corrected chi connectivity index (χ2v) is 4.35. The van der Waals surface area contributed by atoms with E-state index >= 15 is 0 Å². The number of thioether (sulfide) groups is 1. The van der Waals surface area contributed by atoms with Crippen LogP contribution in [0.25, 0.3) is 0 Å². The SMILES string of the molecule is CSCC(CCO)Nc1ncccc1[N+](=O)[O-]. The molecule has 0 aliphatic rings. The summed E-state index contributed by atoms with van der Waals surface area (Å²) in [4.78, 5) is 14.3. The van der Waals surface area contributed by atoms with Crippen LogP contribution in [0, 0.1) is 10.1 Å². The van der Waals surface area contributed by atoms with Gasteiger partial charge in [-0.25, -0.2) is 4.98 Å². The van der Waals surface area contributed by atoms with Crippen molar-refractivity contribution in [2.45, 2.75) is 12.5 Å². The van der Waals surface area contributed by atoms with Crippen molar-refractivity contribution in [1.29, 1.82) is 0 Å². The first-order valence-corrected chi connectivity index (χ1v) is 6.54. The number of nitrogens with one attached hydrogen (secondary N) is 1. The Morgan fingerprint density at radius 2 is 2.47 bits per heavy atom. The van der Waals surface area contributed by atoms with Crippen LogP contribution in [0.2, 0.25) is 0 Å². The van der Waals surface area contributed by atoms with Crippen LogP contribution >= 0.6 is 11.8 Å². The molecule has 17 heavy (non-hydrogen) atoms. The summed E-state index contributed by atoms with van der Waals surface area (Å²) >= 11 is 1.61. The van der Waals surface area contributed by atoms with Crippen LogP contribution in [0.15, 0.2) is 18.3 Å². The molecule has 0 saturated carbocycles. The molecule has 0 spiro atoms. The molecule has 0 bridgehead atoms. The number of hydrogen-bond acceptors (Lipinski definition) is 6. The Hall–Kier alpha value is -1.34. The van der Waals surface area contributed by atoms with Crippen LogP contribution in [0.3, 0.4) is 0 Å². The van der Waals surface area contributed by atoms with Crippen LogP contribution in [0.1, 0.15) is 6.42 Å². The number of aromatic nitrogens is 1. The van der Waals surface area contributed by atoms with Gasteiger partial charge in [0.05, 0.1) is 4.92 Å². The minimum Gasteiger partial charge on any atom is -0.396 e. The third kappa shape index (κ3) is 4.20. The zero-order valence-electron chi connectivity index (χ0n) is 9.50. The molecule has 0 amide bonds. The van der Waals surface area contributed by atoms with Gasteiger partial charge in [-0.1, -0.05) is 0 Å². The zero-order valence-corrected chi connectivity index (χ0v) is 10.3. The number of pyridine rings is 1. The molecule has 1 aromatic rings. The van der Waals surface area contributed by atoms with Crippen LogP contribution in [-0.4, -0.2) is 39.7 Å². The topological polar surface area (TPSA) is 88.3 Å². The number of rotatable bonds is 7. The number of anilines is 1. The van der Waals surface area contributed by atoms with E-state index in [1.165, 1.54) is 18.3 Å². The highest BCUT2D eigenvalue weighted by atomic mass is 32.2. The van der Waals surface area contributed by atoms with E-state index in [9.17, 15) is 10.1 Å². The van der Waals surface area contributed by atoms with Gasteiger partial charge in [-0.15, -0.1) is 0 Å². The Morgan fingerprint density at radius 3 is 3.06 bits per heavy atom. The van der Waals surface area contributed by atoms with Crippen molar-refractivity contribution in [3.63, 3.8) is 0 Å². The summed E-state index contributed by atoms with van der Waals surface area (Å²) in [6.45, 7) is 0.0405. The van der Waals surface area contributed by atoms with Crippen LogP contribution in [0.5, 0.6) is 0 Å². The summed E-state index contributed by atoms with van der Waals surface area (Å²) in [6.07, 6.45) is 3.98. The molecule has 94 valence electrons. The first kappa shape index (κ1) is 13.7. The lowest BCUT2D eigenvalue weighted by molar-refractivity contribution is -0.384. The minimum absolute atomic E-state index is 0.0244. The maximum absolute atomic E-state index is 10.8.